The van der Waals surface area contributed by atoms with Gasteiger partial charge in [-0.1, -0.05) is 108 Å². The molecule has 0 radical (unpaired) electrons. The summed E-state index contributed by atoms with van der Waals surface area (Å²) in [4.78, 5) is 16.5. The Morgan fingerprint density at radius 2 is 1.37 bits per heavy atom. The molecule has 1 aromatic heterocycles. The van der Waals surface area contributed by atoms with Gasteiger partial charge < -0.3 is 14.8 Å². The van der Waals surface area contributed by atoms with E-state index >= 15 is 0 Å². The van der Waals surface area contributed by atoms with Crippen molar-refractivity contribution in [2.45, 2.75) is 116 Å². The van der Waals surface area contributed by atoms with Crippen LogP contribution in [0.15, 0.2) is 30.5 Å². The molecule has 1 N–H and O–H groups in total. The van der Waals surface area contributed by atoms with Gasteiger partial charge in [-0.2, -0.15) is 0 Å². The van der Waals surface area contributed by atoms with Crippen LogP contribution in [0, 0.1) is 0 Å². The smallest absolute Gasteiger partial charge is 0.395 e. The first-order valence-electron chi connectivity index (χ1n) is 14.2. The molecule has 1 aliphatic heterocycles. The molecule has 2 heterocycles. The Balaban J connectivity index is 1.24. The first-order chi connectivity index (χ1) is 18.4. The Labute approximate surface area is 230 Å². The van der Waals surface area contributed by atoms with E-state index in [2.05, 4.69) is 26.7 Å². The number of rotatable bonds is 18. The van der Waals surface area contributed by atoms with Crippen molar-refractivity contribution in [3.05, 3.63) is 35.5 Å². The van der Waals surface area contributed by atoms with E-state index in [1.807, 2.05) is 0 Å². The van der Waals surface area contributed by atoms with E-state index in [4.69, 9.17) is 11.6 Å². The van der Waals surface area contributed by atoms with Gasteiger partial charge >= 0.3 is 6.29 Å². The van der Waals surface area contributed by atoms with Crippen molar-refractivity contribution >= 4 is 23.3 Å². The number of carbonyl (C=O) groups excluding carboxylic acids is 1. The van der Waals surface area contributed by atoms with Gasteiger partial charge in [0.2, 0.25) is 5.91 Å². The average molecular weight is 551 g/mol. The number of alkyl halides is 2. The molecule has 0 bridgehead atoms. The van der Waals surface area contributed by atoms with Gasteiger partial charge in [0.15, 0.2) is 11.5 Å². The first-order valence-corrected chi connectivity index (χ1v) is 14.6. The number of halogens is 3. The standard InChI is InChI=1S/C30H41ClF2N2O3/c1-2-3-4-5-6-7-8-9-10-11-12-13-14-15-16-17-29(36)35-28-19-18-23(22-34-28)24-20-26-27(21-25(24)31)38-30(32,33)37-26/h18-22H,2-17H2,1H3,(H,34,35,36). The number of hydrogen-bond acceptors (Lipinski definition) is 4. The fourth-order valence-electron chi connectivity index (χ4n) is 4.68. The molecule has 0 spiro atoms. The summed E-state index contributed by atoms with van der Waals surface area (Å²) in [6.45, 7) is 2.26. The summed E-state index contributed by atoms with van der Waals surface area (Å²) in [6, 6.07) is 6.07. The Morgan fingerprint density at radius 3 is 1.89 bits per heavy atom. The molecule has 8 heteroatoms. The maximum absolute atomic E-state index is 13.3. The lowest BCUT2D eigenvalue weighted by molar-refractivity contribution is -0.286. The van der Waals surface area contributed by atoms with Gasteiger partial charge in [0.05, 0.1) is 5.02 Å². The number of aromatic nitrogens is 1. The van der Waals surface area contributed by atoms with Crippen molar-refractivity contribution in [2.75, 3.05) is 5.32 Å². The minimum absolute atomic E-state index is 0.0664. The van der Waals surface area contributed by atoms with Crippen LogP contribution in [-0.2, 0) is 4.79 Å². The van der Waals surface area contributed by atoms with Crippen LogP contribution in [0.2, 0.25) is 5.02 Å². The van der Waals surface area contributed by atoms with Crippen LogP contribution < -0.4 is 14.8 Å². The molecule has 0 fully saturated rings. The predicted octanol–water partition coefficient (Wildman–Crippen LogP) is 9.92. The zero-order chi connectivity index (χ0) is 27.2. The molecule has 2 aromatic rings. The normalized spacial score (nSPS) is 13.6. The monoisotopic (exact) mass is 550 g/mol. The van der Waals surface area contributed by atoms with Gasteiger partial charge in [0, 0.05) is 29.8 Å². The number of fused-ring (bicyclic) bond motifs is 1. The summed E-state index contributed by atoms with van der Waals surface area (Å²) in [5.41, 5.74) is 1.09. The summed E-state index contributed by atoms with van der Waals surface area (Å²) in [5.74, 6) is 0.168. The van der Waals surface area contributed by atoms with Crippen LogP contribution >= 0.6 is 11.6 Å². The molecular formula is C30H41ClF2N2O3. The molecule has 0 saturated heterocycles. The molecule has 1 aromatic carbocycles. The molecule has 1 amide bonds. The summed E-state index contributed by atoms with van der Waals surface area (Å²) in [7, 11) is 0. The first kappa shape index (κ1) is 30.1. The van der Waals surface area contributed by atoms with Gasteiger partial charge in [-0.05, 0) is 24.6 Å². The van der Waals surface area contributed by atoms with Crippen molar-refractivity contribution in [2.24, 2.45) is 0 Å². The Morgan fingerprint density at radius 1 is 0.842 bits per heavy atom. The van der Waals surface area contributed by atoms with Gasteiger partial charge in [-0.3, -0.25) is 4.79 Å². The largest absolute Gasteiger partial charge is 0.586 e. The second kappa shape index (κ2) is 15.9. The molecule has 38 heavy (non-hydrogen) atoms. The van der Waals surface area contributed by atoms with Crippen LogP contribution in [0.1, 0.15) is 110 Å². The van der Waals surface area contributed by atoms with Crippen molar-refractivity contribution in [3.63, 3.8) is 0 Å². The number of nitrogens with one attached hydrogen (secondary N) is 1. The van der Waals surface area contributed by atoms with E-state index in [0.29, 0.717) is 23.4 Å². The number of anilines is 1. The van der Waals surface area contributed by atoms with Gasteiger partial charge in [-0.15, -0.1) is 8.78 Å². The molecule has 3 rings (SSSR count). The maximum Gasteiger partial charge on any atom is 0.586 e. The van der Waals surface area contributed by atoms with Crippen LogP contribution in [0.4, 0.5) is 14.6 Å². The highest BCUT2D eigenvalue weighted by molar-refractivity contribution is 6.33. The maximum atomic E-state index is 13.3. The van der Waals surface area contributed by atoms with Crippen molar-refractivity contribution in [3.8, 4) is 22.6 Å². The third-order valence-electron chi connectivity index (χ3n) is 6.84. The quantitative estimate of drug-likeness (QED) is 0.188. The lowest BCUT2D eigenvalue weighted by Gasteiger charge is -2.08. The summed E-state index contributed by atoms with van der Waals surface area (Å²) in [5, 5.41) is 3.04. The average Bonchev–Trinajstić information content (AvgIpc) is 3.19. The minimum Gasteiger partial charge on any atom is -0.395 e. The van der Waals surface area contributed by atoms with Gasteiger partial charge in [-0.25, -0.2) is 4.98 Å². The number of hydrogen-bond donors (Lipinski definition) is 1. The SMILES string of the molecule is CCCCCCCCCCCCCCCCCC(=O)Nc1ccc(-c2cc3c(cc2Cl)OC(F)(F)O3)cn1. The van der Waals surface area contributed by atoms with Gasteiger partial charge in [0.1, 0.15) is 5.82 Å². The van der Waals surface area contributed by atoms with Crippen LogP contribution in [0.5, 0.6) is 11.5 Å². The second-order valence-corrected chi connectivity index (χ2v) is 10.5. The van der Waals surface area contributed by atoms with E-state index < -0.39 is 6.29 Å². The molecule has 0 saturated carbocycles. The van der Waals surface area contributed by atoms with E-state index in [-0.39, 0.29) is 22.4 Å². The number of ether oxygens (including phenoxy) is 2. The highest BCUT2D eigenvalue weighted by Gasteiger charge is 2.43. The third-order valence-corrected chi connectivity index (χ3v) is 7.15. The molecular weight excluding hydrogens is 510 g/mol. The van der Waals surface area contributed by atoms with Crippen molar-refractivity contribution in [1.82, 2.24) is 4.98 Å². The van der Waals surface area contributed by atoms with E-state index in [1.165, 1.54) is 102 Å². The Kier molecular flexibility index (Phi) is 12.6. The molecule has 0 atom stereocenters. The summed E-state index contributed by atoms with van der Waals surface area (Å²) < 4.78 is 35.5. The summed E-state index contributed by atoms with van der Waals surface area (Å²) in [6.07, 6.45) is 17.6. The predicted molar refractivity (Wildman–Crippen MR) is 149 cm³/mol. The topological polar surface area (TPSA) is 60.5 Å². The fraction of sp³-hybridized carbons (Fsp3) is 0.600. The van der Waals surface area contributed by atoms with Gasteiger partial charge in [0.25, 0.3) is 0 Å². The lowest BCUT2D eigenvalue weighted by atomic mass is 10.0. The zero-order valence-electron chi connectivity index (χ0n) is 22.5. The summed E-state index contributed by atoms with van der Waals surface area (Å²) >= 11 is 6.24. The highest BCUT2D eigenvalue weighted by Crippen LogP contribution is 2.46. The molecule has 0 aliphatic carbocycles. The van der Waals surface area contributed by atoms with E-state index in [9.17, 15) is 13.6 Å². The molecule has 210 valence electrons. The Bertz CT molecular complexity index is 1000. The molecule has 1 aliphatic rings. The van der Waals surface area contributed by atoms with E-state index in [1.54, 1.807) is 12.1 Å². The Hall–Kier alpha value is -2.41. The lowest BCUT2D eigenvalue weighted by Crippen LogP contribution is -2.25. The van der Waals surface area contributed by atoms with Crippen LogP contribution in [0.3, 0.4) is 0 Å². The van der Waals surface area contributed by atoms with Crippen LogP contribution in [-0.4, -0.2) is 17.2 Å². The van der Waals surface area contributed by atoms with Crippen molar-refractivity contribution in [1.29, 1.82) is 0 Å². The number of unbranched alkanes of at least 4 members (excludes halogenated alkanes) is 14. The molecule has 0 unspecified atom stereocenters. The second-order valence-electron chi connectivity index (χ2n) is 10.1. The molecule has 5 nitrogen and oxygen atoms in total. The number of pyridine rings is 1. The fourth-order valence-corrected chi connectivity index (χ4v) is 4.94. The number of nitrogens with zero attached hydrogens (tertiary/aromatic N) is 1. The van der Waals surface area contributed by atoms with E-state index in [0.717, 1.165) is 12.8 Å². The third kappa shape index (κ3) is 10.4. The number of amides is 1. The highest BCUT2D eigenvalue weighted by atomic mass is 35.5. The zero-order valence-corrected chi connectivity index (χ0v) is 23.3. The number of benzene rings is 1. The van der Waals surface area contributed by atoms with Crippen LogP contribution in [0.25, 0.3) is 11.1 Å². The minimum atomic E-state index is -3.71. The van der Waals surface area contributed by atoms with Crippen molar-refractivity contribution < 1.29 is 23.0 Å². The number of carbonyl (C=O) groups is 1.